The van der Waals surface area contributed by atoms with E-state index in [9.17, 15) is 0 Å². The van der Waals surface area contributed by atoms with Crippen LogP contribution in [0.4, 0.5) is 0 Å². The zero-order valence-corrected chi connectivity index (χ0v) is 9.04. The largest absolute Gasteiger partial charge is 0.395 e. The molecule has 0 aliphatic heterocycles. The molecule has 0 spiro atoms. The first kappa shape index (κ1) is 11.4. The molecule has 0 radical (unpaired) electrons. The second-order valence-electron chi connectivity index (χ2n) is 3.08. The molecule has 0 unspecified atom stereocenters. The lowest BCUT2D eigenvalue weighted by molar-refractivity contribution is 0.197. The first-order valence-corrected chi connectivity index (χ1v) is 5.07. The SMILES string of the molecule is CCN(CCO)Cc1ccnc(Cl)c1. The Morgan fingerprint density at radius 2 is 2.36 bits per heavy atom. The van der Waals surface area contributed by atoms with Gasteiger partial charge < -0.3 is 5.11 Å². The van der Waals surface area contributed by atoms with Crippen LogP contribution < -0.4 is 0 Å². The van der Waals surface area contributed by atoms with Crippen LogP contribution in [-0.4, -0.2) is 34.7 Å². The van der Waals surface area contributed by atoms with Crippen molar-refractivity contribution in [3.8, 4) is 0 Å². The molecule has 0 aromatic carbocycles. The van der Waals surface area contributed by atoms with Crippen molar-refractivity contribution >= 4 is 11.6 Å². The fourth-order valence-electron chi connectivity index (χ4n) is 1.29. The van der Waals surface area contributed by atoms with Crippen molar-refractivity contribution in [3.63, 3.8) is 0 Å². The molecule has 14 heavy (non-hydrogen) atoms. The molecule has 0 saturated carbocycles. The van der Waals surface area contributed by atoms with Crippen molar-refractivity contribution in [3.05, 3.63) is 29.0 Å². The van der Waals surface area contributed by atoms with Gasteiger partial charge in [-0.2, -0.15) is 0 Å². The summed E-state index contributed by atoms with van der Waals surface area (Å²) in [7, 11) is 0. The van der Waals surface area contributed by atoms with Gasteiger partial charge in [0, 0.05) is 19.3 Å². The Labute approximate surface area is 89.3 Å². The fraction of sp³-hybridized carbons (Fsp3) is 0.500. The minimum absolute atomic E-state index is 0.187. The molecule has 0 amide bonds. The number of aliphatic hydroxyl groups excluding tert-OH is 1. The van der Waals surface area contributed by atoms with Crippen LogP contribution in [0.1, 0.15) is 12.5 Å². The Bertz CT molecular complexity index is 281. The molecule has 0 aliphatic carbocycles. The molecule has 3 nitrogen and oxygen atoms in total. The van der Waals surface area contributed by atoms with Gasteiger partial charge in [-0.15, -0.1) is 0 Å². The Morgan fingerprint density at radius 1 is 1.57 bits per heavy atom. The van der Waals surface area contributed by atoms with Crippen LogP contribution in [0, 0.1) is 0 Å². The monoisotopic (exact) mass is 214 g/mol. The highest BCUT2D eigenvalue weighted by molar-refractivity contribution is 6.29. The second-order valence-corrected chi connectivity index (χ2v) is 3.47. The molecule has 4 heteroatoms. The Morgan fingerprint density at radius 3 is 2.93 bits per heavy atom. The van der Waals surface area contributed by atoms with Crippen LogP contribution in [0.5, 0.6) is 0 Å². The van der Waals surface area contributed by atoms with Gasteiger partial charge in [0.2, 0.25) is 0 Å². The molecule has 1 N–H and O–H groups in total. The molecule has 0 bridgehead atoms. The van der Waals surface area contributed by atoms with Gasteiger partial charge in [-0.05, 0) is 24.2 Å². The third-order valence-corrected chi connectivity index (χ3v) is 2.27. The van der Waals surface area contributed by atoms with E-state index in [0.717, 1.165) is 18.7 Å². The Balaban J connectivity index is 2.57. The van der Waals surface area contributed by atoms with Gasteiger partial charge in [0.1, 0.15) is 5.15 Å². The van der Waals surface area contributed by atoms with E-state index in [2.05, 4.69) is 16.8 Å². The van der Waals surface area contributed by atoms with Crippen LogP contribution in [0.15, 0.2) is 18.3 Å². The number of halogens is 1. The lowest BCUT2D eigenvalue weighted by Crippen LogP contribution is -2.26. The van der Waals surface area contributed by atoms with Gasteiger partial charge in [0.15, 0.2) is 0 Å². The van der Waals surface area contributed by atoms with Crippen molar-refractivity contribution in [2.75, 3.05) is 19.7 Å². The summed E-state index contributed by atoms with van der Waals surface area (Å²) in [6.45, 7) is 4.67. The van der Waals surface area contributed by atoms with Crippen LogP contribution in [0.2, 0.25) is 5.15 Å². The summed E-state index contributed by atoms with van der Waals surface area (Å²) >= 11 is 5.77. The molecule has 0 atom stereocenters. The van der Waals surface area contributed by atoms with Crippen molar-refractivity contribution in [1.29, 1.82) is 0 Å². The van der Waals surface area contributed by atoms with Crippen molar-refractivity contribution in [1.82, 2.24) is 9.88 Å². The number of likely N-dealkylation sites (N-methyl/N-ethyl adjacent to an activating group) is 1. The predicted molar refractivity (Wildman–Crippen MR) is 57.3 cm³/mol. The maximum Gasteiger partial charge on any atom is 0.129 e. The number of rotatable bonds is 5. The van der Waals surface area contributed by atoms with Crippen LogP contribution in [0.3, 0.4) is 0 Å². The lowest BCUT2D eigenvalue weighted by atomic mass is 10.2. The number of hydrogen-bond acceptors (Lipinski definition) is 3. The number of aromatic nitrogens is 1. The molecule has 0 fully saturated rings. The Hall–Kier alpha value is -0.640. The molecular formula is C10H15ClN2O. The maximum atomic E-state index is 8.82. The van der Waals surface area contributed by atoms with E-state index in [4.69, 9.17) is 16.7 Å². The van der Waals surface area contributed by atoms with E-state index in [1.807, 2.05) is 12.1 Å². The van der Waals surface area contributed by atoms with Gasteiger partial charge in [0.05, 0.1) is 6.61 Å². The van der Waals surface area contributed by atoms with E-state index in [1.165, 1.54) is 0 Å². The van der Waals surface area contributed by atoms with Gasteiger partial charge in [-0.25, -0.2) is 4.98 Å². The molecule has 1 heterocycles. The van der Waals surface area contributed by atoms with Crippen molar-refractivity contribution in [2.24, 2.45) is 0 Å². The standard InChI is InChI=1S/C10H15ClN2O/c1-2-13(5-6-14)8-9-3-4-12-10(11)7-9/h3-4,7,14H,2,5-6,8H2,1H3. The number of hydrogen-bond donors (Lipinski definition) is 1. The molecule has 78 valence electrons. The van der Waals surface area contributed by atoms with Gasteiger partial charge in [-0.1, -0.05) is 18.5 Å². The minimum Gasteiger partial charge on any atom is -0.395 e. The molecule has 1 aromatic heterocycles. The lowest BCUT2D eigenvalue weighted by Gasteiger charge is -2.18. The second kappa shape index (κ2) is 5.96. The maximum absolute atomic E-state index is 8.82. The zero-order chi connectivity index (χ0) is 10.4. The number of aliphatic hydroxyl groups is 1. The van der Waals surface area contributed by atoms with E-state index in [0.29, 0.717) is 11.7 Å². The summed E-state index contributed by atoms with van der Waals surface area (Å²) in [4.78, 5) is 6.06. The summed E-state index contributed by atoms with van der Waals surface area (Å²) in [5.74, 6) is 0. The smallest absolute Gasteiger partial charge is 0.129 e. The normalized spacial score (nSPS) is 10.9. The highest BCUT2D eigenvalue weighted by atomic mass is 35.5. The summed E-state index contributed by atoms with van der Waals surface area (Å²) < 4.78 is 0. The molecule has 1 aromatic rings. The quantitative estimate of drug-likeness (QED) is 0.756. The summed E-state index contributed by atoms with van der Waals surface area (Å²) in [6.07, 6.45) is 1.70. The van der Waals surface area contributed by atoms with Gasteiger partial charge >= 0.3 is 0 Å². The van der Waals surface area contributed by atoms with E-state index in [1.54, 1.807) is 6.20 Å². The summed E-state index contributed by atoms with van der Waals surface area (Å²) in [6, 6.07) is 3.79. The average Bonchev–Trinajstić information content (AvgIpc) is 2.17. The van der Waals surface area contributed by atoms with Gasteiger partial charge in [0.25, 0.3) is 0 Å². The molecule has 0 aliphatic rings. The highest BCUT2D eigenvalue weighted by Gasteiger charge is 2.03. The fourth-order valence-corrected chi connectivity index (χ4v) is 1.49. The van der Waals surface area contributed by atoms with Crippen molar-refractivity contribution < 1.29 is 5.11 Å². The molecule has 1 rings (SSSR count). The van der Waals surface area contributed by atoms with Crippen LogP contribution in [-0.2, 0) is 6.54 Å². The summed E-state index contributed by atoms with van der Waals surface area (Å²) in [5.41, 5.74) is 1.13. The molecular weight excluding hydrogens is 200 g/mol. The highest BCUT2D eigenvalue weighted by Crippen LogP contribution is 2.09. The zero-order valence-electron chi connectivity index (χ0n) is 8.28. The number of nitrogens with zero attached hydrogens (tertiary/aromatic N) is 2. The van der Waals surface area contributed by atoms with E-state index >= 15 is 0 Å². The van der Waals surface area contributed by atoms with Crippen molar-refractivity contribution in [2.45, 2.75) is 13.5 Å². The molecule has 0 saturated heterocycles. The summed E-state index contributed by atoms with van der Waals surface area (Å²) in [5, 5.41) is 9.34. The first-order valence-electron chi connectivity index (χ1n) is 4.70. The van der Waals surface area contributed by atoms with Crippen LogP contribution >= 0.6 is 11.6 Å². The number of pyridine rings is 1. The third kappa shape index (κ3) is 3.62. The average molecular weight is 215 g/mol. The predicted octanol–water partition coefficient (Wildman–Crippen LogP) is 1.55. The van der Waals surface area contributed by atoms with E-state index < -0.39 is 0 Å². The topological polar surface area (TPSA) is 36.4 Å². The minimum atomic E-state index is 0.187. The Kier molecular flexibility index (Phi) is 4.87. The third-order valence-electron chi connectivity index (χ3n) is 2.06. The van der Waals surface area contributed by atoms with Gasteiger partial charge in [-0.3, -0.25) is 4.90 Å². The van der Waals surface area contributed by atoms with Crippen LogP contribution in [0.25, 0.3) is 0 Å². The van der Waals surface area contributed by atoms with E-state index in [-0.39, 0.29) is 6.61 Å². The first-order chi connectivity index (χ1) is 6.76.